The molecule has 1 aromatic carbocycles. The van der Waals surface area contributed by atoms with Crippen LogP contribution in [0.1, 0.15) is 44.4 Å². The van der Waals surface area contributed by atoms with Crippen molar-refractivity contribution in [3.8, 4) is 0 Å². The van der Waals surface area contributed by atoms with Crippen molar-refractivity contribution in [2.24, 2.45) is 0 Å². The van der Waals surface area contributed by atoms with Crippen LogP contribution in [0.2, 0.25) is 0 Å². The molecule has 86 valence electrons. The number of hydrogen-bond donors (Lipinski definition) is 0. The lowest BCUT2D eigenvalue weighted by Gasteiger charge is -2.20. The molecule has 2 aromatic rings. The van der Waals surface area contributed by atoms with Gasteiger partial charge in [0.1, 0.15) is 5.58 Å². The largest absolute Gasteiger partial charge is 0.464 e. The second kappa shape index (κ2) is 3.65. The van der Waals surface area contributed by atoms with Crippen molar-refractivity contribution in [3.05, 3.63) is 35.1 Å². The van der Waals surface area contributed by atoms with E-state index in [1.54, 1.807) is 0 Å². The first-order valence-electron chi connectivity index (χ1n) is 5.94. The monoisotopic (exact) mass is 216 g/mol. The van der Waals surface area contributed by atoms with Crippen LogP contribution in [-0.4, -0.2) is 0 Å². The van der Waals surface area contributed by atoms with Gasteiger partial charge < -0.3 is 4.42 Å². The first kappa shape index (κ1) is 11.3. The van der Waals surface area contributed by atoms with Gasteiger partial charge in [0.15, 0.2) is 0 Å². The maximum Gasteiger partial charge on any atom is 0.137 e. The van der Waals surface area contributed by atoms with Gasteiger partial charge in [-0.2, -0.15) is 0 Å². The number of fused-ring (bicyclic) bond motifs is 1. The zero-order valence-electron chi connectivity index (χ0n) is 10.8. The Labute approximate surface area is 97.5 Å². The summed E-state index contributed by atoms with van der Waals surface area (Å²) in [5, 5.41) is 1.27. The molecule has 0 spiro atoms. The molecule has 0 fully saturated rings. The van der Waals surface area contributed by atoms with Crippen molar-refractivity contribution < 1.29 is 4.42 Å². The zero-order chi connectivity index (χ0) is 11.9. The Morgan fingerprint density at radius 3 is 2.44 bits per heavy atom. The molecule has 0 aliphatic heterocycles. The van der Waals surface area contributed by atoms with Gasteiger partial charge in [-0.25, -0.2) is 0 Å². The maximum atomic E-state index is 5.71. The molecule has 1 nitrogen and oxygen atoms in total. The van der Waals surface area contributed by atoms with Crippen molar-refractivity contribution in [1.29, 1.82) is 0 Å². The summed E-state index contributed by atoms with van der Waals surface area (Å²) in [7, 11) is 0. The van der Waals surface area contributed by atoms with Gasteiger partial charge in [-0.15, -0.1) is 0 Å². The highest BCUT2D eigenvalue weighted by atomic mass is 16.3. The summed E-state index contributed by atoms with van der Waals surface area (Å²) >= 11 is 0. The van der Waals surface area contributed by atoms with Crippen molar-refractivity contribution in [1.82, 2.24) is 0 Å². The van der Waals surface area contributed by atoms with Gasteiger partial charge in [0.05, 0.1) is 6.26 Å². The summed E-state index contributed by atoms with van der Waals surface area (Å²) in [6.45, 7) is 11.0. The minimum absolute atomic E-state index is 0.133. The quantitative estimate of drug-likeness (QED) is 0.679. The van der Waals surface area contributed by atoms with Gasteiger partial charge in [-0.05, 0) is 36.0 Å². The molecule has 1 aromatic heterocycles. The normalized spacial score (nSPS) is 12.3. The van der Waals surface area contributed by atoms with Crippen LogP contribution in [0.15, 0.2) is 22.8 Å². The molecular weight excluding hydrogens is 196 g/mol. The smallest absolute Gasteiger partial charge is 0.137 e. The van der Waals surface area contributed by atoms with Gasteiger partial charge >= 0.3 is 0 Å². The van der Waals surface area contributed by atoms with Crippen molar-refractivity contribution in [2.45, 2.75) is 46.5 Å². The van der Waals surface area contributed by atoms with E-state index < -0.39 is 0 Å². The number of furan rings is 1. The van der Waals surface area contributed by atoms with Crippen LogP contribution >= 0.6 is 0 Å². The lowest BCUT2D eigenvalue weighted by Crippen LogP contribution is -2.11. The first-order valence-corrected chi connectivity index (χ1v) is 5.94. The van der Waals surface area contributed by atoms with Gasteiger partial charge in [-0.3, -0.25) is 0 Å². The number of hydrogen-bond acceptors (Lipinski definition) is 1. The molecule has 1 heteroatoms. The third-order valence-electron chi connectivity index (χ3n) is 3.14. The third-order valence-corrected chi connectivity index (χ3v) is 3.14. The Morgan fingerprint density at radius 2 is 1.88 bits per heavy atom. The van der Waals surface area contributed by atoms with E-state index in [0.717, 1.165) is 12.0 Å². The summed E-state index contributed by atoms with van der Waals surface area (Å²) in [6.07, 6.45) is 2.93. The topological polar surface area (TPSA) is 13.1 Å². The molecule has 0 saturated heterocycles. The number of aryl methyl sites for hydroxylation is 2. The van der Waals surface area contributed by atoms with Crippen LogP contribution in [0.4, 0.5) is 0 Å². The lowest BCUT2D eigenvalue weighted by atomic mass is 9.84. The minimum Gasteiger partial charge on any atom is -0.464 e. The highest BCUT2D eigenvalue weighted by Gasteiger charge is 2.20. The Balaban J connectivity index is 2.80. The van der Waals surface area contributed by atoms with Gasteiger partial charge in [-0.1, -0.05) is 33.8 Å². The Hall–Kier alpha value is -1.24. The fourth-order valence-electron chi connectivity index (χ4n) is 2.08. The molecule has 0 N–H and O–H groups in total. The van der Waals surface area contributed by atoms with Gasteiger partial charge in [0.25, 0.3) is 0 Å². The van der Waals surface area contributed by atoms with E-state index in [4.69, 9.17) is 4.42 Å². The average molecular weight is 216 g/mol. The Bertz CT molecular complexity index is 512. The molecule has 2 rings (SSSR count). The zero-order valence-corrected chi connectivity index (χ0v) is 10.8. The summed E-state index contributed by atoms with van der Waals surface area (Å²) in [5.41, 5.74) is 5.13. The number of rotatable bonds is 1. The molecule has 0 unspecified atom stereocenters. The molecule has 0 saturated carbocycles. The van der Waals surface area contributed by atoms with E-state index >= 15 is 0 Å². The molecule has 16 heavy (non-hydrogen) atoms. The minimum atomic E-state index is 0.133. The van der Waals surface area contributed by atoms with Crippen molar-refractivity contribution in [3.63, 3.8) is 0 Å². The predicted octanol–water partition coefficient (Wildman–Crippen LogP) is 4.60. The summed E-state index contributed by atoms with van der Waals surface area (Å²) < 4.78 is 5.71. The SMILES string of the molecule is CCc1cc(C(C)(C)C)c2occ(C)c2c1. The van der Waals surface area contributed by atoms with Crippen LogP contribution in [-0.2, 0) is 11.8 Å². The van der Waals surface area contributed by atoms with E-state index in [1.807, 2.05) is 6.26 Å². The van der Waals surface area contributed by atoms with Crippen LogP contribution in [0.3, 0.4) is 0 Å². The van der Waals surface area contributed by atoms with Gasteiger partial charge in [0, 0.05) is 10.9 Å². The predicted molar refractivity (Wildman–Crippen MR) is 69.0 cm³/mol. The third kappa shape index (κ3) is 1.75. The fraction of sp³-hybridized carbons (Fsp3) is 0.467. The van der Waals surface area contributed by atoms with E-state index in [2.05, 4.69) is 46.8 Å². The Morgan fingerprint density at radius 1 is 1.19 bits per heavy atom. The van der Waals surface area contributed by atoms with E-state index in [-0.39, 0.29) is 5.41 Å². The van der Waals surface area contributed by atoms with E-state index in [0.29, 0.717) is 0 Å². The van der Waals surface area contributed by atoms with Crippen molar-refractivity contribution in [2.75, 3.05) is 0 Å². The van der Waals surface area contributed by atoms with Gasteiger partial charge in [0.2, 0.25) is 0 Å². The molecule has 0 aliphatic rings. The molecule has 0 aliphatic carbocycles. The molecule has 0 radical (unpaired) electrons. The molecule has 0 bridgehead atoms. The lowest BCUT2D eigenvalue weighted by molar-refractivity contribution is 0.557. The standard InChI is InChI=1S/C15H20O/c1-6-11-7-12-10(2)9-16-14(12)13(8-11)15(3,4)5/h7-9H,6H2,1-5H3. The molecule has 0 amide bonds. The summed E-state index contributed by atoms with van der Waals surface area (Å²) in [4.78, 5) is 0. The summed E-state index contributed by atoms with van der Waals surface area (Å²) in [6, 6.07) is 4.54. The second-order valence-corrected chi connectivity index (χ2v) is 5.54. The van der Waals surface area contributed by atoms with Crippen LogP contribution < -0.4 is 0 Å². The van der Waals surface area contributed by atoms with Crippen LogP contribution in [0, 0.1) is 6.92 Å². The van der Waals surface area contributed by atoms with Crippen LogP contribution in [0.5, 0.6) is 0 Å². The molecular formula is C15H20O. The Kier molecular flexibility index (Phi) is 2.57. The van der Waals surface area contributed by atoms with Crippen LogP contribution in [0.25, 0.3) is 11.0 Å². The number of benzene rings is 1. The van der Waals surface area contributed by atoms with E-state index in [9.17, 15) is 0 Å². The molecule has 0 atom stereocenters. The average Bonchev–Trinajstić information content (AvgIpc) is 2.58. The van der Waals surface area contributed by atoms with Crippen molar-refractivity contribution >= 4 is 11.0 Å². The second-order valence-electron chi connectivity index (χ2n) is 5.54. The van der Waals surface area contributed by atoms with E-state index in [1.165, 1.54) is 22.1 Å². The maximum absolute atomic E-state index is 5.71. The highest BCUT2D eigenvalue weighted by Crippen LogP contribution is 2.33. The fourth-order valence-corrected chi connectivity index (χ4v) is 2.08. The summed E-state index contributed by atoms with van der Waals surface area (Å²) in [5.74, 6) is 0. The highest BCUT2D eigenvalue weighted by molar-refractivity contribution is 5.85. The first-order chi connectivity index (χ1) is 7.43. The molecule has 1 heterocycles.